The third-order valence-corrected chi connectivity index (χ3v) is 4.12. The van der Waals surface area contributed by atoms with Gasteiger partial charge in [-0.2, -0.15) is 0 Å². The van der Waals surface area contributed by atoms with Crippen molar-refractivity contribution in [1.29, 1.82) is 0 Å². The van der Waals surface area contributed by atoms with E-state index in [-0.39, 0.29) is 6.04 Å². The quantitative estimate of drug-likeness (QED) is 0.532. The lowest BCUT2D eigenvalue weighted by Gasteiger charge is -2.18. The van der Waals surface area contributed by atoms with Crippen molar-refractivity contribution in [3.05, 3.63) is 53.1 Å². The number of nitrogens with one attached hydrogen (secondary N) is 2. The van der Waals surface area contributed by atoms with Crippen LogP contribution in [0.25, 0.3) is 0 Å². The van der Waals surface area contributed by atoms with E-state index in [0.717, 1.165) is 11.5 Å². The summed E-state index contributed by atoms with van der Waals surface area (Å²) in [5, 5.41) is 6.89. The van der Waals surface area contributed by atoms with Gasteiger partial charge in [-0.3, -0.25) is 0 Å². The van der Waals surface area contributed by atoms with Crippen LogP contribution in [0.5, 0.6) is 11.5 Å². The second-order valence-electron chi connectivity index (χ2n) is 5.67. The topological polar surface area (TPSA) is 68.8 Å². The van der Waals surface area contributed by atoms with Crippen molar-refractivity contribution in [3.63, 3.8) is 0 Å². The highest BCUT2D eigenvalue weighted by atomic mass is 35.5. The Bertz CT molecular complexity index is 799. The molecule has 144 valence electrons. The SMILES string of the molecule is COC(=O)c1ccc(Cl)c(NC(=S)NC(C)COc2ccc(OC)cc2)c1. The van der Waals surface area contributed by atoms with Crippen molar-refractivity contribution in [2.45, 2.75) is 13.0 Å². The molecule has 2 aromatic carbocycles. The summed E-state index contributed by atoms with van der Waals surface area (Å²) in [5.41, 5.74) is 0.892. The summed E-state index contributed by atoms with van der Waals surface area (Å²) in [6, 6.07) is 12.0. The smallest absolute Gasteiger partial charge is 0.337 e. The van der Waals surface area contributed by atoms with Crippen LogP contribution in [-0.4, -0.2) is 38.0 Å². The molecule has 0 fully saturated rings. The molecule has 8 heteroatoms. The lowest BCUT2D eigenvalue weighted by Crippen LogP contribution is -2.39. The van der Waals surface area contributed by atoms with Gasteiger partial charge in [0.1, 0.15) is 18.1 Å². The zero-order valence-corrected chi connectivity index (χ0v) is 16.8. The molecular formula is C19H21ClN2O4S. The molecule has 0 saturated carbocycles. The summed E-state index contributed by atoms with van der Waals surface area (Å²) in [5.74, 6) is 1.05. The van der Waals surface area contributed by atoms with E-state index in [0.29, 0.717) is 28.0 Å². The van der Waals surface area contributed by atoms with Crippen LogP contribution in [-0.2, 0) is 4.74 Å². The van der Waals surface area contributed by atoms with Gasteiger partial charge in [0, 0.05) is 0 Å². The van der Waals surface area contributed by atoms with E-state index >= 15 is 0 Å². The molecule has 1 unspecified atom stereocenters. The number of carbonyl (C=O) groups excluding carboxylic acids is 1. The Morgan fingerprint density at radius 1 is 1.15 bits per heavy atom. The fourth-order valence-electron chi connectivity index (χ4n) is 2.18. The first-order valence-corrected chi connectivity index (χ1v) is 8.93. The van der Waals surface area contributed by atoms with Gasteiger partial charge >= 0.3 is 5.97 Å². The average molecular weight is 409 g/mol. The first-order valence-electron chi connectivity index (χ1n) is 8.15. The molecule has 0 amide bonds. The predicted molar refractivity (Wildman–Crippen MR) is 110 cm³/mol. The molecule has 0 radical (unpaired) electrons. The molecule has 0 aliphatic carbocycles. The molecule has 2 rings (SSSR count). The molecule has 0 saturated heterocycles. The summed E-state index contributed by atoms with van der Waals surface area (Å²) >= 11 is 11.5. The van der Waals surface area contributed by atoms with E-state index in [4.69, 9.17) is 38.0 Å². The second-order valence-corrected chi connectivity index (χ2v) is 6.49. The van der Waals surface area contributed by atoms with Gasteiger partial charge < -0.3 is 24.8 Å². The molecule has 0 spiro atoms. The van der Waals surface area contributed by atoms with E-state index in [1.165, 1.54) is 7.11 Å². The number of esters is 1. The lowest BCUT2D eigenvalue weighted by molar-refractivity contribution is 0.0601. The Morgan fingerprint density at radius 3 is 2.44 bits per heavy atom. The van der Waals surface area contributed by atoms with Gasteiger partial charge in [0.05, 0.1) is 36.5 Å². The van der Waals surface area contributed by atoms with Crippen molar-refractivity contribution in [2.24, 2.45) is 0 Å². The standard InChI is InChI=1S/C19H21ClN2O4S/c1-12(11-26-15-7-5-14(24-2)6-8-15)21-19(27)22-17-10-13(18(23)25-3)4-9-16(17)20/h4-10,12H,11H2,1-3H3,(H2,21,22,27). The number of rotatable bonds is 7. The zero-order chi connectivity index (χ0) is 19.8. The van der Waals surface area contributed by atoms with E-state index < -0.39 is 5.97 Å². The van der Waals surface area contributed by atoms with Gasteiger partial charge in [-0.15, -0.1) is 0 Å². The van der Waals surface area contributed by atoms with Crippen molar-refractivity contribution < 1.29 is 19.0 Å². The molecular weight excluding hydrogens is 388 g/mol. The summed E-state index contributed by atoms with van der Waals surface area (Å²) in [6.07, 6.45) is 0. The van der Waals surface area contributed by atoms with Crippen LogP contribution in [0.3, 0.4) is 0 Å². The monoisotopic (exact) mass is 408 g/mol. The summed E-state index contributed by atoms with van der Waals surface area (Å²) < 4.78 is 15.5. The molecule has 1 atom stereocenters. The Hall–Kier alpha value is -2.51. The van der Waals surface area contributed by atoms with Gasteiger partial charge in [0.25, 0.3) is 0 Å². The summed E-state index contributed by atoms with van der Waals surface area (Å²) in [7, 11) is 2.93. The van der Waals surface area contributed by atoms with Crippen LogP contribution in [0.2, 0.25) is 5.02 Å². The van der Waals surface area contributed by atoms with Crippen LogP contribution in [0, 0.1) is 0 Å². The maximum absolute atomic E-state index is 11.6. The number of hydrogen-bond donors (Lipinski definition) is 2. The van der Waals surface area contributed by atoms with Gasteiger partial charge in [0.15, 0.2) is 5.11 Å². The van der Waals surface area contributed by atoms with Crippen LogP contribution in [0.4, 0.5) is 5.69 Å². The molecule has 6 nitrogen and oxygen atoms in total. The number of thiocarbonyl (C=S) groups is 1. The Labute approximate surface area is 168 Å². The molecule has 0 aliphatic heterocycles. The van der Waals surface area contributed by atoms with E-state index in [2.05, 4.69) is 10.6 Å². The van der Waals surface area contributed by atoms with Gasteiger partial charge in [-0.05, 0) is 61.6 Å². The number of benzene rings is 2. The Morgan fingerprint density at radius 2 is 1.81 bits per heavy atom. The van der Waals surface area contributed by atoms with Gasteiger partial charge in [-0.25, -0.2) is 4.79 Å². The van der Waals surface area contributed by atoms with Crippen molar-refractivity contribution >= 4 is 40.6 Å². The normalized spacial score (nSPS) is 11.3. The largest absolute Gasteiger partial charge is 0.497 e. The third-order valence-electron chi connectivity index (χ3n) is 3.57. The highest BCUT2D eigenvalue weighted by Crippen LogP contribution is 2.23. The number of ether oxygens (including phenoxy) is 3. The fourth-order valence-corrected chi connectivity index (χ4v) is 2.66. The predicted octanol–water partition coefficient (Wildman–Crippen LogP) is 3.89. The maximum Gasteiger partial charge on any atom is 0.337 e. The number of methoxy groups -OCH3 is 2. The maximum atomic E-state index is 11.6. The first-order chi connectivity index (χ1) is 12.9. The number of carbonyl (C=O) groups is 1. The lowest BCUT2D eigenvalue weighted by atomic mass is 10.2. The molecule has 2 N–H and O–H groups in total. The van der Waals surface area contributed by atoms with Crippen LogP contribution >= 0.6 is 23.8 Å². The summed E-state index contributed by atoms with van der Waals surface area (Å²) in [4.78, 5) is 11.6. The average Bonchev–Trinajstić information content (AvgIpc) is 2.67. The minimum atomic E-state index is -0.449. The van der Waals surface area contributed by atoms with Gasteiger partial charge in [0.2, 0.25) is 0 Å². The number of halogens is 1. The van der Waals surface area contributed by atoms with Gasteiger partial charge in [-0.1, -0.05) is 11.6 Å². The molecule has 0 heterocycles. The zero-order valence-electron chi connectivity index (χ0n) is 15.2. The second kappa shape index (κ2) is 9.99. The van der Waals surface area contributed by atoms with Crippen molar-refractivity contribution in [1.82, 2.24) is 5.32 Å². The van der Waals surface area contributed by atoms with E-state index in [1.54, 1.807) is 25.3 Å². The van der Waals surface area contributed by atoms with Crippen LogP contribution in [0.15, 0.2) is 42.5 Å². The fraction of sp³-hybridized carbons (Fsp3) is 0.263. The minimum absolute atomic E-state index is 0.0605. The van der Waals surface area contributed by atoms with Crippen molar-refractivity contribution in [3.8, 4) is 11.5 Å². The van der Waals surface area contributed by atoms with Crippen molar-refractivity contribution in [2.75, 3.05) is 26.1 Å². The van der Waals surface area contributed by atoms with E-state index in [1.807, 2.05) is 31.2 Å². The third kappa shape index (κ3) is 6.30. The molecule has 2 aromatic rings. The minimum Gasteiger partial charge on any atom is -0.497 e. The number of hydrogen-bond acceptors (Lipinski definition) is 5. The highest BCUT2D eigenvalue weighted by molar-refractivity contribution is 7.80. The van der Waals surface area contributed by atoms with Crippen LogP contribution in [0.1, 0.15) is 17.3 Å². The number of anilines is 1. The highest BCUT2D eigenvalue weighted by Gasteiger charge is 2.11. The molecule has 0 aromatic heterocycles. The first kappa shape index (κ1) is 20.8. The van der Waals surface area contributed by atoms with E-state index in [9.17, 15) is 4.79 Å². The summed E-state index contributed by atoms with van der Waals surface area (Å²) in [6.45, 7) is 2.34. The molecule has 0 bridgehead atoms. The Balaban J connectivity index is 1.88. The Kier molecular flexibility index (Phi) is 7.69. The molecule has 27 heavy (non-hydrogen) atoms. The van der Waals surface area contributed by atoms with Crippen LogP contribution < -0.4 is 20.1 Å². The molecule has 0 aliphatic rings.